The van der Waals surface area contributed by atoms with Crippen molar-refractivity contribution in [3.8, 4) is 0 Å². The van der Waals surface area contributed by atoms with Crippen molar-refractivity contribution in [3.05, 3.63) is 0 Å². The molecule has 1 heterocycles. The van der Waals surface area contributed by atoms with Gasteiger partial charge in [0, 0.05) is 18.5 Å². The van der Waals surface area contributed by atoms with Gasteiger partial charge in [-0.1, -0.05) is 6.92 Å². The lowest BCUT2D eigenvalue weighted by molar-refractivity contribution is -0.135. The Kier molecular flexibility index (Phi) is 5.20. The molecule has 0 bridgehead atoms. The Morgan fingerprint density at radius 1 is 0.952 bits per heavy atom. The first kappa shape index (κ1) is 15.3. The Labute approximate surface area is 129 Å². The molecule has 0 aromatic heterocycles. The lowest BCUT2D eigenvalue weighted by Crippen LogP contribution is -2.44. The molecule has 0 atom stereocenters. The molecule has 3 aliphatic rings. The highest BCUT2D eigenvalue weighted by molar-refractivity contribution is 5.77. The highest BCUT2D eigenvalue weighted by atomic mass is 16.2. The molecule has 0 radical (unpaired) electrons. The van der Waals surface area contributed by atoms with E-state index in [1.54, 1.807) is 0 Å². The number of carbonyl (C=O) groups excluding carboxylic acids is 1. The van der Waals surface area contributed by atoms with Crippen LogP contribution in [0.5, 0.6) is 0 Å². The van der Waals surface area contributed by atoms with Gasteiger partial charge < -0.3 is 10.2 Å². The fraction of sp³-hybridized carbons (Fsp3) is 0.944. The first-order chi connectivity index (χ1) is 10.2. The van der Waals surface area contributed by atoms with Crippen LogP contribution in [0.4, 0.5) is 0 Å². The predicted octanol–water partition coefficient (Wildman–Crippen LogP) is 3.34. The van der Waals surface area contributed by atoms with Gasteiger partial charge in [-0.15, -0.1) is 0 Å². The van der Waals surface area contributed by atoms with Crippen LogP contribution >= 0.6 is 0 Å². The monoisotopic (exact) mass is 292 g/mol. The number of hydrogen-bond acceptors (Lipinski definition) is 2. The number of piperidine rings is 1. The summed E-state index contributed by atoms with van der Waals surface area (Å²) in [6.07, 6.45) is 12.1. The summed E-state index contributed by atoms with van der Waals surface area (Å²) in [5.41, 5.74) is 0. The van der Waals surface area contributed by atoms with Crippen molar-refractivity contribution in [1.82, 2.24) is 10.2 Å². The molecule has 1 aliphatic heterocycles. The fourth-order valence-electron chi connectivity index (χ4n) is 4.21. The van der Waals surface area contributed by atoms with Crippen LogP contribution in [0.2, 0.25) is 0 Å². The molecule has 2 aliphatic carbocycles. The molecule has 0 aromatic rings. The molecule has 1 amide bonds. The van der Waals surface area contributed by atoms with Crippen molar-refractivity contribution in [1.29, 1.82) is 0 Å². The quantitative estimate of drug-likeness (QED) is 0.843. The Balaban J connectivity index is 1.49. The van der Waals surface area contributed by atoms with Crippen molar-refractivity contribution in [2.24, 2.45) is 11.8 Å². The van der Waals surface area contributed by atoms with E-state index in [9.17, 15) is 4.79 Å². The van der Waals surface area contributed by atoms with Crippen LogP contribution in [-0.2, 0) is 4.79 Å². The van der Waals surface area contributed by atoms with Crippen molar-refractivity contribution in [3.63, 3.8) is 0 Å². The second-order valence-corrected chi connectivity index (χ2v) is 7.68. The maximum absolute atomic E-state index is 12.8. The zero-order chi connectivity index (χ0) is 14.7. The highest BCUT2D eigenvalue weighted by Gasteiger charge is 2.38. The number of nitrogens with one attached hydrogen (secondary N) is 1. The number of nitrogens with zero attached hydrogens (tertiary/aromatic N) is 1. The lowest BCUT2D eigenvalue weighted by atomic mass is 9.86. The first-order valence-corrected chi connectivity index (χ1v) is 9.26. The molecule has 21 heavy (non-hydrogen) atoms. The van der Waals surface area contributed by atoms with E-state index in [0.29, 0.717) is 18.0 Å². The van der Waals surface area contributed by atoms with Gasteiger partial charge in [0.1, 0.15) is 0 Å². The summed E-state index contributed by atoms with van der Waals surface area (Å²) in [4.78, 5) is 15.1. The van der Waals surface area contributed by atoms with Crippen LogP contribution in [0.25, 0.3) is 0 Å². The van der Waals surface area contributed by atoms with Crippen LogP contribution in [0.3, 0.4) is 0 Å². The molecule has 0 spiro atoms. The Bertz CT molecular complexity index is 339. The molecule has 0 unspecified atom stereocenters. The van der Waals surface area contributed by atoms with Crippen molar-refractivity contribution >= 4 is 5.91 Å². The van der Waals surface area contributed by atoms with Crippen LogP contribution in [0, 0.1) is 11.8 Å². The van der Waals surface area contributed by atoms with Gasteiger partial charge in [0.15, 0.2) is 0 Å². The zero-order valence-electron chi connectivity index (χ0n) is 13.7. The molecule has 3 heteroatoms. The summed E-state index contributed by atoms with van der Waals surface area (Å²) in [5.74, 6) is 2.12. The first-order valence-electron chi connectivity index (χ1n) is 9.26. The number of rotatable bonds is 5. The molecule has 3 rings (SSSR count). The SMILES string of the molecule is CC1CCC(N(C(=O)CCC2CCNCC2)C2CC2)CC1. The molecule has 2 saturated carbocycles. The van der Waals surface area contributed by atoms with Crippen molar-refractivity contribution < 1.29 is 4.79 Å². The van der Waals surface area contributed by atoms with Gasteiger partial charge in [-0.05, 0) is 82.7 Å². The summed E-state index contributed by atoms with van der Waals surface area (Å²) < 4.78 is 0. The van der Waals surface area contributed by atoms with Crippen LogP contribution < -0.4 is 5.32 Å². The molecule has 1 saturated heterocycles. The second-order valence-electron chi connectivity index (χ2n) is 7.68. The molecule has 0 aromatic carbocycles. The van der Waals surface area contributed by atoms with Gasteiger partial charge in [0.25, 0.3) is 0 Å². The van der Waals surface area contributed by atoms with E-state index in [2.05, 4.69) is 17.1 Å². The second kappa shape index (κ2) is 7.13. The average Bonchev–Trinajstić information content (AvgIpc) is 3.33. The Hall–Kier alpha value is -0.570. The van der Waals surface area contributed by atoms with Gasteiger partial charge in [-0.2, -0.15) is 0 Å². The highest BCUT2D eigenvalue weighted by Crippen LogP contribution is 2.36. The van der Waals surface area contributed by atoms with Gasteiger partial charge in [-0.25, -0.2) is 0 Å². The molecular formula is C18H32N2O. The standard InChI is InChI=1S/C18H32N2O/c1-14-2-5-16(6-3-14)20(17-7-8-17)18(21)9-4-15-10-12-19-13-11-15/h14-17,19H,2-13H2,1H3. The molecular weight excluding hydrogens is 260 g/mol. The van der Waals surface area contributed by atoms with Crippen LogP contribution in [-0.4, -0.2) is 36.0 Å². The molecule has 3 nitrogen and oxygen atoms in total. The van der Waals surface area contributed by atoms with E-state index < -0.39 is 0 Å². The topological polar surface area (TPSA) is 32.3 Å². The third-order valence-corrected chi connectivity index (χ3v) is 5.83. The maximum atomic E-state index is 12.8. The molecule has 1 N–H and O–H groups in total. The summed E-state index contributed by atoms with van der Waals surface area (Å²) in [5, 5.41) is 3.41. The van der Waals surface area contributed by atoms with E-state index in [-0.39, 0.29) is 0 Å². The zero-order valence-corrected chi connectivity index (χ0v) is 13.7. The van der Waals surface area contributed by atoms with E-state index in [0.717, 1.165) is 37.8 Å². The molecule has 120 valence electrons. The van der Waals surface area contributed by atoms with Gasteiger partial charge >= 0.3 is 0 Å². The lowest BCUT2D eigenvalue weighted by Gasteiger charge is -2.37. The normalized spacial score (nSPS) is 31.1. The summed E-state index contributed by atoms with van der Waals surface area (Å²) in [6.45, 7) is 4.65. The van der Waals surface area contributed by atoms with E-state index in [4.69, 9.17) is 0 Å². The third kappa shape index (κ3) is 4.21. The summed E-state index contributed by atoms with van der Waals surface area (Å²) in [7, 11) is 0. The van der Waals surface area contributed by atoms with E-state index in [1.165, 1.54) is 51.4 Å². The van der Waals surface area contributed by atoms with Gasteiger partial charge in [-0.3, -0.25) is 4.79 Å². The minimum atomic E-state index is 0.468. The van der Waals surface area contributed by atoms with Crippen LogP contribution in [0.1, 0.15) is 71.1 Å². The third-order valence-electron chi connectivity index (χ3n) is 5.83. The number of amides is 1. The Morgan fingerprint density at radius 3 is 2.10 bits per heavy atom. The van der Waals surface area contributed by atoms with E-state index in [1.807, 2.05) is 0 Å². The fourth-order valence-corrected chi connectivity index (χ4v) is 4.21. The maximum Gasteiger partial charge on any atom is 0.223 e. The molecule has 3 fully saturated rings. The smallest absolute Gasteiger partial charge is 0.223 e. The van der Waals surface area contributed by atoms with Gasteiger partial charge in [0.2, 0.25) is 5.91 Å². The van der Waals surface area contributed by atoms with Crippen molar-refractivity contribution in [2.75, 3.05) is 13.1 Å². The number of hydrogen-bond donors (Lipinski definition) is 1. The van der Waals surface area contributed by atoms with Gasteiger partial charge in [0.05, 0.1) is 0 Å². The largest absolute Gasteiger partial charge is 0.337 e. The summed E-state index contributed by atoms with van der Waals surface area (Å²) >= 11 is 0. The predicted molar refractivity (Wildman–Crippen MR) is 86.1 cm³/mol. The van der Waals surface area contributed by atoms with Crippen LogP contribution in [0.15, 0.2) is 0 Å². The Morgan fingerprint density at radius 2 is 1.52 bits per heavy atom. The summed E-state index contributed by atoms with van der Waals surface area (Å²) in [6, 6.07) is 1.16. The van der Waals surface area contributed by atoms with Crippen molar-refractivity contribution in [2.45, 2.75) is 83.2 Å². The number of carbonyl (C=O) groups is 1. The average molecular weight is 292 g/mol. The van der Waals surface area contributed by atoms with E-state index >= 15 is 0 Å². The minimum Gasteiger partial charge on any atom is -0.337 e. The minimum absolute atomic E-state index is 0.468.